The van der Waals surface area contributed by atoms with Crippen LogP contribution in [0.1, 0.15) is 38.7 Å². The number of piperidine rings is 1. The Hall–Kier alpha value is -2.36. The normalized spacial score (nSPS) is 21.5. The molecule has 0 spiro atoms. The van der Waals surface area contributed by atoms with Crippen LogP contribution in [0, 0.1) is 5.92 Å². The van der Waals surface area contributed by atoms with Crippen LogP contribution < -0.4 is 9.80 Å². The van der Waals surface area contributed by atoms with E-state index >= 15 is 0 Å². The lowest BCUT2D eigenvalue weighted by atomic mass is 10.0. The van der Waals surface area contributed by atoms with Crippen LogP contribution in [0.2, 0.25) is 0 Å². The first-order valence-electron chi connectivity index (χ1n) is 12.2. The maximum absolute atomic E-state index is 13.4. The predicted octanol–water partition coefficient (Wildman–Crippen LogP) is 3.91. The van der Waals surface area contributed by atoms with E-state index in [1.807, 2.05) is 31.2 Å². The number of hydrogen-bond acceptors (Lipinski definition) is 5. The molecule has 1 saturated heterocycles. The number of benzene rings is 2. The van der Waals surface area contributed by atoms with Gasteiger partial charge in [-0.05, 0) is 55.0 Å². The molecule has 0 radical (unpaired) electrons. The van der Waals surface area contributed by atoms with Crippen LogP contribution in [0.5, 0.6) is 0 Å². The summed E-state index contributed by atoms with van der Waals surface area (Å²) in [6, 6.07) is 12.8. The molecule has 0 aliphatic carbocycles. The molecule has 3 aliphatic heterocycles. The highest BCUT2D eigenvalue weighted by molar-refractivity contribution is 8.00. The van der Waals surface area contributed by atoms with Crippen molar-refractivity contribution >= 4 is 45.0 Å². The van der Waals surface area contributed by atoms with Gasteiger partial charge in [-0.3, -0.25) is 9.59 Å². The topological polar surface area (TPSA) is 78.0 Å². The average Bonchev–Trinajstić information content (AvgIpc) is 3.22. The van der Waals surface area contributed by atoms with Crippen LogP contribution in [0.15, 0.2) is 52.3 Å². The van der Waals surface area contributed by atoms with Gasteiger partial charge in [0.25, 0.3) is 0 Å². The van der Waals surface area contributed by atoms with E-state index in [-0.39, 0.29) is 34.9 Å². The standard InChI is InChI=1S/C26H31N3O4S2/c1-18-9-12-27(13-10-18)35(32,33)21-7-8-24-23(16-21)29(25(30)15-19(2)34-24)17-26(31)28-14-11-20-5-3-4-6-22(20)28/h3-8,16,18-19H,9-15,17H2,1-2H3/t19-/m1/s1. The third-order valence-corrected chi connectivity index (χ3v) is 10.2. The SMILES string of the molecule is CC1CCN(S(=O)(=O)c2ccc3c(c2)N(CC(=O)N2CCc4ccccc42)C(=O)C[C@@H](C)S3)CC1. The van der Waals surface area contributed by atoms with Gasteiger partial charge < -0.3 is 9.80 Å². The number of fused-ring (bicyclic) bond motifs is 2. The van der Waals surface area contributed by atoms with Gasteiger partial charge >= 0.3 is 0 Å². The van der Waals surface area contributed by atoms with Gasteiger partial charge in [0.1, 0.15) is 6.54 Å². The Kier molecular flexibility index (Phi) is 6.67. The van der Waals surface area contributed by atoms with E-state index in [1.165, 1.54) is 4.90 Å². The first-order chi connectivity index (χ1) is 16.7. The van der Waals surface area contributed by atoms with Crippen molar-refractivity contribution in [3.8, 4) is 0 Å². The van der Waals surface area contributed by atoms with Crippen molar-refractivity contribution in [1.82, 2.24) is 4.31 Å². The number of hydrogen-bond donors (Lipinski definition) is 0. The highest BCUT2D eigenvalue weighted by Crippen LogP contribution is 2.40. The Balaban J connectivity index is 1.47. The molecular weight excluding hydrogens is 482 g/mol. The maximum atomic E-state index is 13.4. The van der Waals surface area contributed by atoms with Gasteiger partial charge in [0.2, 0.25) is 21.8 Å². The Labute approximate surface area is 211 Å². The molecule has 1 atom stereocenters. The number of para-hydroxylation sites is 1. The maximum Gasteiger partial charge on any atom is 0.247 e. The molecular formula is C26H31N3O4S2. The van der Waals surface area contributed by atoms with Crippen molar-refractivity contribution in [2.24, 2.45) is 5.92 Å². The minimum Gasteiger partial charge on any atom is -0.310 e. The first kappa shape index (κ1) is 24.3. The van der Waals surface area contributed by atoms with Crippen LogP contribution in [0.3, 0.4) is 0 Å². The number of nitrogens with zero attached hydrogens (tertiary/aromatic N) is 3. The summed E-state index contributed by atoms with van der Waals surface area (Å²) in [4.78, 5) is 30.9. The summed E-state index contributed by atoms with van der Waals surface area (Å²) < 4.78 is 28.4. The summed E-state index contributed by atoms with van der Waals surface area (Å²) in [5.41, 5.74) is 2.52. The van der Waals surface area contributed by atoms with Crippen molar-refractivity contribution in [2.45, 2.75) is 54.6 Å². The van der Waals surface area contributed by atoms with Gasteiger partial charge in [-0.15, -0.1) is 11.8 Å². The van der Waals surface area contributed by atoms with Crippen molar-refractivity contribution in [1.29, 1.82) is 0 Å². The number of carbonyl (C=O) groups excluding carboxylic acids is 2. The van der Waals surface area contributed by atoms with Gasteiger partial charge in [0, 0.05) is 41.9 Å². The van der Waals surface area contributed by atoms with E-state index in [0.29, 0.717) is 31.2 Å². The highest BCUT2D eigenvalue weighted by atomic mass is 32.2. The summed E-state index contributed by atoms with van der Waals surface area (Å²) in [7, 11) is -3.68. The van der Waals surface area contributed by atoms with Crippen LogP contribution >= 0.6 is 11.8 Å². The largest absolute Gasteiger partial charge is 0.310 e. The fraction of sp³-hybridized carbons (Fsp3) is 0.462. The van der Waals surface area contributed by atoms with E-state index in [2.05, 4.69) is 6.92 Å². The molecule has 3 aliphatic rings. The van der Waals surface area contributed by atoms with Crippen molar-refractivity contribution in [3.05, 3.63) is 48.0 Å². The molecule has 3 heterocycles. The molecule has 1 fully saturated rings. The lowest BCUT2D eigenvalue weighted by molar-refractivity contribution is -0.122. The lowest BCUT2D eigenvalue weighted by Crippen LogP contribution is -2.43. The minimum atomic E-state index is -3.68. The Morgan fingerprint density at radius 2 is 1.77 bits per heavy atom. The number of rotatable bonds is 4. The van der Waals surface area contributed by atoms with Gasteiger partial charge in [0.15, 0.2) is 0 Å². The van der Waals surface area contributed by atoms with Crippen LogP contribution in [-0.2, 0) is 26.0 Å². The number of anilines is 2. The van der Waals surface area contributed by atoms with Crippen molar-refractivity contribution in [2.75, 3.05) is 36.0 Å². The van der Waals surface area contributed by atoms with Crippen LogP contribution in [-0.4, -0.2) is 56.0 Å². The molecule has 2 amide bonds. The minimum absolute atomic E-state index is 0.0277. The van der Waals surface area contributed by atoms with Gasteiger partial charge in [-0.2, -0.15) is 4.31 Å². The van der Waals surface area contributed by atoms with Crippen molar-refractivity contribution < 1.29 is 18.0 Å². The third kappa shape index (κ3) is 4.73. The molecule has 0 N–H and O–H groups in total. The molecule has 9 heteroatoms. The fourth-order valence-electron chi connectivity index (χ4n) is 5.08. The first-order valence-corrected chi connectivity index (χ1v) is 14.6. The second kappa shape index (κ2) is 9.59. The van der Waals surface area contributed by atoms with Crippen LogP contribution in [0.4, 0.5) is 11.4 Å². The second-order valence-electron chi connectivity index (χ2n) is 9.75. The number of amides is 2. The number of thioether (sulfide) groups is 1. The van der Waals surface area contributed by atoms with E-state index in [0.717, 1.165) is 35.4 Å². The molecule has 0 aromatic heterocycles. The number of sulfonamides is 1. The van der Waals surface area contributed by atoms with E-state index in [4.69, 9.17) is 0 Å². The zero-order valence-electron chi connectivity index (χ0n) is 20.1. The molecule has 7 nitrogen and oxygen atoms in total. The molecule has 0 saturated carbocycles. The second-order valence-corrected chi connectivity index (χ2v) is 13.2. The third-order valence-electron chi connectivity index (χ3n) is 7.17. The fourth-order valence-corrected chi connectivity index (χ4v) is 7.67. The summed E-state index contributed by atoms with van der Waals surface area (Å²) in [6.07, 6.45) is 2.76. The zero-order valence-corrected chi connectivity index (χ0v) is 21.8. The monoisotopic (exact) mass is 513 g/mol. The summed E-state index contributed by atoms with van der Waals surface area (Å²) in [6.45, 7) is 5.60. The predicted molar refractivity (Wildman–Crippen MR) is 138 cm³/mol. The highest BCUT2D eigenvalue weighted by Gasteiger charge is 2.34. The molecule has 5 rings (SSSR count). The lowest BCUT2D eigenvalue weighted by Gasteiger charge is -2.30. The molecule has 2 aromatic carbocycles. The van der Waals surface area contributed by atoms with Crippen molar-refractivity contribution in [3.63, 3.8) is 0 Å². The number of carbonyl (C=O) groups is 2. The summed E-state index contributed by atoms with van der Waals surface area (Å²) in [5.74, 6) is 0.194. The Bertz CT molecular complexity index is 1250. The van der Waals surface area contributed by atoms with Gasteiger partial charge in [-0.25, -0.2) is 8.42 Å². The average molecular weight is 514 g/mol. The Morgan fingerprint density at radius 3 is 2.54 bits per heavy atom. The van der Waals surface area contributed by atoms with Gasteiger partial charge in [0.05, 0.1) is 10.6 Å². The van der Waals surface area contributed by atoms with Gasteiger partial charge in [-0.1, -0.05) is 32.0 Å². The smallest absolute Gasteiger partial charge is 0.247 e. The van der Waals surface area contributed by atoms with E-state index in [9.17, 15) is 18.0 Å². The molecule has 2 aromatic rings. The molecule has 0 unspecified atom stereocenters. The van der Waals surface area contributed by atoms with E-state index in [1.54, 1.807) is 39.2 Å². The quantitative estimate of drug-likeness (QED) is 0.620. The van der Waals surface area contributed by atoms with E-state index < -0.39 is 10.0 Å². The van der Waals surface area contributed by atoms with Crippen LogP contribution in [0.25, 0.3) is 0 Å². The summed E-state index contributed by atoms with van der Waals surface area (Å²) >= 11 is 1.55. The molecule has 186 valence electrons. The zero-order chi connectivity index (χ0) is 24.7. The molecule has 0 bridgehead atoms. The summed E-state index contributed by atoms with van der Waals surface area (Å²) in [5, 5.41) is 0.0277. The molecule has 35 heavy (non-hydrogen) atoms. The Morgan fingerprint density at radius 1 is 1.03 bits per heavy atom.